The molecule has 0 atom stereocenters. The van der Waals surface area contributed by atoms with Gasteiger partial charge in [-0.25, -0.2) is 4.79 Å². The number of para-hydroxylation sites is 2. The maximum atomic E-state index is 11.1. The zero-order chi connectivity index (χ0) is 17.5. The van der Waals surface area contributed by atoms with E-state index in [1.807, 2.05) is 36.7 Å². The summed E-state index contributed by atoms with van der Waals surface area (Å²) in [5.74, 6) is 0.528. The fourth-order valence-corrected chi connectivity index (χ4v) is 3.18. The predicted molar refractivity (Wildman–Crippen MR) is 97.9 cm³/mol. The van der Waals surface area contributed by atoms with E-state index in [1.54, 1.807) is 6.07 Å². The van der Waals surface area contributed by atoms with Crippen molar-refractivity contribution >= 4 is 11.8 Å². The minimum absolute atomic E-state index is 0.528. The van der Waals surface area contributed by atoms with Gasteiger partial charge in [0.2, 0.25) is 0 Å². The molecule has 3 rings (SSSR count). The van der Waals surface area contributed by atoms with Crippen molar-refractivity contribution in [2.24, 2.45) is 5.73 Å². The summed E-state index contributed by atoms with van der Waals surface area (Å²) in [6.45, 7) is 4.90. The van der Waals surface area contributed by atoms with Crippen molar-refractivity contribution in [1.82, 2.24) is 9.88 Å². The lowest BCUT2D eigenvalue weighted by atomic mass is 10.1. The Morgan fingerprint density at radius 3 is 2.64 bits per heavy atom. The molecule has 0 spiro atoms. The van der Waals surface area contributed by atoms with Crippen molar-refractivity contribution < 1.29 is 9.53 Å². The molecule has 2 heterocycles. The van der Waals surface area contributed by atoms with Crippen LogP contribution in [0.1, 0.15) is 12.0 Å². The van der Waals surface area contributed by atoms with Crippen LogP contribution in [0.25, 0.3) is 0 Å². The Labute approximate surface area is 148 Å². The van der Waals surface area contributed by atoms with Crippen LogP contribution in [0.15, 0.2) is 48.8 Å². The zero-order valence-corrected chi connectivity index (χ0v) is 14.3. The highest BCUT2D eigenvalue weighted by atomic mass is 16.5. The minimum atomic E-state index is -0.776. The molecule has 0 unspecified atom stereocenters. The smallest absolute Gasteiger partial charge is 0.408 e. The summed E-state index contributed by atoms with van der Waals surface area (Å²) in [7, 11) is 0. The number of nitrogens with zero attached hydrogens (tertiary/aromatic N) is 3. The predicted octanol–water partition coefficient (Wildman–Crippen LogP) is 2.29. The number of hydrogen-bond acceptors (Lipinski definition) is 5. The fraction of sp³-hybridized carbons (Fsp3) is 0.368. The van der Waals surface area contributed by atoms with Crippen LogP contribution < -0.4 is 15.4 Å². The third kappa shape index (κ3) is 4.93. The van der Waals surface area contributed by atoms with E-state index in [4.69, 9.17) is 10.5 Å². The standard InChI is InChI=1S/C19H24N4O2/c20-19(24)25-18-8-2-1-7-17(18)23-13-11-22(12-14-23)10-4-6-16-5-3-9-21-15-16/h1-3,5,7-9,15H,4,6,10-14H2,(H2,20,24). The van der Waals surface area contributed by atoms with Gasteiger partial charge in [0, 0.05) is 38.6 Å². The van der Waals surface area contributed by atoms with Crippen LogP contribution in [-0.4, -0.2) is 48.7 Å². The molecule has 1 aromatic carbocycles. The second kappa shape index (κ2) is 8.48. The van der Waals surface area contributed by atoms with E-state index in [0.29, 0.717) is 5.75 Å². The van der Waals surface area contributed by atoms with E-state index in [-0.39, 0.29) is 0 Å². The quantitative estimate of drug-likeness (QED) is 0.873. The number of benzene rings is 1. The Morgan fingerprint density at radius 1 is 1.12 bits per heavy atom. The molecule has 6 heteroatoms. The maximum Gasteiger partial charge on any atom is 0.410 e. The largest absolute Gasteiger partial charge is 0.410 e. The summed E-state index contributed by atoms with van der Waals surface area (Å²) in [4.78, 5) is 19.9. The molecule has 0 radical (unpaired) electrons. The number of carbonyl (C=O) groups excluding carboxylic acids is 1. The van der Waals surface area contributed by atoms with Gasteiger partial charge in [-0.2, -0.15) is 0 Å². The maximum absolute atomic E-state index is 11.1. The normalized spacial score (nSPS) is 15.1. The minimum Gasteiger partial charge on any atom is -0.408 e. The number of aryl methyl sites for hydroxylation is 1. The van der Waals surface area contributed by atoms with E-state index in [1.165, 1.54) is 5.56 Å². The lowest BCUT2D eigenvalue weighted by molar-refractivity contribution is 0.210. The van der Waals surface area contributed by atoms with Gasteiger partial charge in [0.05, 0.1) is 5.69 Å². The summed E-state index contributed by atoms with van der Waals surface area (Å²) in [6, 6.07) is 11.6. The summed E-state index contributed by atoms with van der Waals surface area (Å²) in [6.07, 6.45) is 5.16. The first-order chi connectivity index (χ1) is 12.2. The lowest BCUT2D eigenvalue weighted by Gasteiger charge is -2.36. The molecule has 132 valence electrons. The van der Waals surface area contributed by atoms with Gasteiger partial charge in [-0.15, -0.1) is 0 Å². The number of primary amides is 1. The Hall–Kier alpha value is -2.60. The highest BCUT2D eigenvalue weighted by molar-refractivity contribution is 5.72. The van der Waals surface area contributed by atoms with Crippen LogP contribution >= 0.6 is 0 Å². The number of carbonyl (C=O) groups is 1. The molecule has 1 aliphatic heterocycles. The van der Waals surface area contributed by atoms with E-state index < -0.39 is 6.09 Å². The molecule has 1 aromatic heterocycles. The van der Waals surface area contributed by atoms with Gasteiger partial charge >= 0.3 is 6.09 Å². The number of nitrogens with two attached hydrogens (primary N) is 1. The third-order valence-electron chi connectivity index (χ3n) is 4.45. The average Bonchev–Trinajstić information content (AvgIpc) is 2.63. The first kappa shape index (κ1) is 17.2. The van der Waals surface area contributed by atoms with Crippen molar-refractivity contribution in [3.8, 4) is 5.75 Å². The third-order valence-corrected chi connectivity index (χ3v) is 4.45. The van der Waals surface area contributed by atoms with Gasteiger partial charge in [-0.3, -0.25) is 9.88 Å². The molecular weight excluding hydrogens is 316 g/mol. The molecule has 0 bridgehead atoms. The molecule has 2 aromatic rings. The molecule has 25 heavy (non-hydrogen) atoms. The Morgan fingerprint density at radius 2 is 1.92 bits per heavy atom. The van der Waals surface area contributed by atoms with Gasteiger partial charge < -0.3 is 15.4 Å². The van der Waals surface area contributed by atoms with Gasteiger partial charge in [0.25, 0.3) is 0 Å². The molecule has 6 nitrogen and oxygen atoms in total. The van der Waals surface area contributed by atoms with Crippen LogP contribution in [0.4, 0.5) is 10.5 Å². The molecular formula is C19H24N4O2. The first-order valence-corrected chi connectivity index (χ1v) is 8.65. The van der Waals surface area contributed by atoms with E-state index in [0.717, 1.165) is 51.3 Å². The monoisotopic (exact) mass is 340 g/mol. The number of hydrogen-bond donors (Lipinski definition) is 1. The Balaban J connectivity index is 1.48. The van der Waals surface area contributed by atoms with Crippen molar-refractivity contribution in [1.29, 1.82) is 0 Å². The molecule has 1 fully saturated rings. The molecule has 0 aliphatic carbocycles. The van der Waals surface area contributed by atoms with Crippen LogP contribution in [0.5, 0.6) is 5.75 Å². The number of aromatic nitrogens is 1. The summed E-state index contributed by atoms with van der Waals surface area (Å²) >= 11 is 0. The number of amides is 1. The molecule has 1 amide bonds. The Kier molecular flexibility index (Phi) is 5.85. The van der Waals surface area contributed by atoms with Crippen molar-refractivity contribution in [3.63, 3.8) is 0 Å². The number of ether oxygens (including phenoxy) is 1. The molecule has 1 saturated heterocycles. The average molecular weight is 340 g/mol. The van der Waals surface area contributed by atoms with Gasteiger partial charge in [-0.1, -0.05) is 18.2 Å². The van der Waals surface area contributed by atoms with Crippen LogP contribution in [0.2, 0.25) is 0 Å². The molecule has 2 N–H and O–H groups in total. The van der Waals surface area contributed by atoms with E-state index in [2.05, 4.69) is 20.9 Å². The molecule has 1 aliphatic rings. The number of anilines is 1. The van der Waals surface area contributed by atoms with Crippen LogP contribution in [0, 0.1) is 0 Å². The highest BCUT2D eigenvalue weighted by Gasteiger charge is 2.20. The fourth-order valence-electron chi connectivity index (χ4n) is 3.18. The van der Waals surface area contributed by atoms with E-state index in [9.17, 15) is 4.79 Å². The van der Waals surface area contributed by atoms with Crippen molar-refractivity contribution in [3.05, 3.63) is 54.4 Å². The zero-order valence-electron chi connectivity index (χ0n) is 14.3. The first-order valence-electron chi connectivity index (χ1n) is 8.65. The van der Waals surface area contributed by atoms with Gasteiger partial charge in [0.15, 0.2) is 5.75 Å². The Bertz CT molecular complexity index is 685. The van der Waals surface area contributed by atoms with Crippen LogP contribution in [-0.2, 0) is 6.42 Å². The second-order valence-electron chi connectivity index (χ2n) is 6.18. The van der Waals surface area contributed by atoms with Gasteiger partial charge in [-0.05, 0) is 43.1 Å². The SMILES string of the molecule is NC(=O)Oc1ccccc1N1CCN(CCCc2cccnc2)CC1. The van der Waals surface area contributed by atoms with Crippen molar-refractivity contribution in [2.45, 2.75) is 12.8 Å². The summed E-state index contributed by atoms with van der Waals surface area (Å²) in [5, 5.41) is 0. The van der Waals surface area contributed by atoms with Crippen LogP contribution in [0.3, 0.4) is 0 Å². The topological polar surface area (TPSA) is 71.7 Å². The van der Waals surface area contributed by atoms with E-state index >= 15 is 0 Å². The number of rotatable bonds is 6. The lowest BCUT2D eigenvalue weighted by Crippen LogP contribution is -2.46. The number of pyridine rings is 1. The highest BCUT2D eigenvalue weighted by Crippen LogP contribution is 2.28. The second-order valence-corrected chi connectivity index (χ2v) is 6.18. The summed E-state index contributed by atoms with van der Waals surface area (Å²) < 4.78 is 5.12. The number of piperazine rings is 1. The van der Waals surface area contributed by atoms with Gasteiger partial charge in [0.1, 0.15) is 0 Å². The molecule has 0 saturated carbocycles. The van der Waals surface area contributed by atoms with Crippen molar-refractivity contribution in [2.75, 3.05) is 37.6 Å². The summed E-state index contributed by atoms with van der Waals surface area (Å²) in [5.41, 5.74) is 7.37.